The number of aliphatic hydroxyl groups is 1. The van der Waals surface area contributed by atoms with E-state index in [1.54, 1.807) is 0 Å². The molecular weight excluding hydrogens is 234 g/mol. The number of aromatic nitrogens is 1. The monoisotopic (exact) mass is 251 g/mol. The predicted molar refractivity (Wildman–Crippen MR) is 78.3 cm³/mol. The molecule has 2 nitrogen and oxygen atoms in total. The first-order valence-corrected chi connectivity index (χ1v) is 6.59. The van der Waals surface area contributed by atoms with Crippen LogP contribution in [-0.4, -0.2) is 16.3 Å². The highest BCUT2D eigenvalue weighted by atomic mass is 16.2. The molecule has 0 radical (unpaired) electrons. The van der Waals surface area contributed by atoms with E-state index in [-0.39, 0.29) is 6.61 Å². The maximum Gasteiger partial charge on any atom is 0.0483 e. The van der Waals surface area contributed by atoms with E-state index in [0.29, 0.717) is 0 Å². The van der Waals surface area contributed by atoms with E-state index in [2.05, 4.69) is 59.3 Å². The molecule has 3 aromatic rings. The van der Waals surface area contributed by atoms with Gasteiger partial charge in [0.15, 0.2) is 0 Å². The van der Waals surface area contributed by atoms with Crippen LogP contribution in [0.4, 0.5) is 0 Å². The first kappa shape index (κ1) is 12.0. The minimum atomic E-state index is 0.205. The van der Waals surface area contributed by atoms with Gasteiger partial charge in [0.05, 0.1) is 0 Å². The largest absolute Gasteiger partial charge is 0.396 e. The molecular formula is C17H17NO. The fourth-order valence-electron chi connectivity index (χ4n) is 2.45. The number of hydrogen-bond acceptors (Lipinski definition) is 1. The number of fused-ring (bicyclic) bond motifs is 1. The van der Waals surface area contributed by atoms with Crippen LogP contribution in [0.5, 0.6) is 0 Å². The van der Waals surface area contributed by atoms with Gasteiger partial charge in [0.2, 0.25) is 0 Å². The molecule has 1 N–H and O–H groups in total. The van der Waals surface area contributed by atoms with Crippen LogP contribution in [0.3, 0.4) is 0 Å². The Morgan fingerprint density at radius 2 is 1.74 bits per heavy atom. The summed E-state index contributed by atoms with van der Waals surface area (Å²) in [4.78, 5) is 0. The average Bonchev–Trinajstić information content (AvgIpc) is 2.83. The molecule has 3 rings (SSSR count). The molecule has 1 aromatic heterocycles. The van der Waals surface area contributed by atoms with Crippen LogP contribution in [0, 0.1) is 0 Å². The number of aliphatic hydroxyl groups excluding tert-OH is 1. The first-order valence-electron chi connectivity index (χ1n) is 6.59. The molecule has 0 aliphatic rings. The molecule has 0 aliphatic heterocycles. The van der Waals surface area contributed by atoms with E-state index in [1.165, 1.54) is 22.0 Å². The van der Waals surface area contributed by atoms with Gasteiger partial charge in [0.25, 0.3) is 0 Å². The third-order valence-corrected chi connectivity index (χ3v) is 3.43. The van der Waals surface area contributed by atoms with Gasteiger partial charge in [-0.25, -0.2) is 0 Å². The van der Waals surface area contributed by atoms with Crippen LogP contribution in [0.25, 0.3) is 10.9 Å². The summed E-state index contributed by atoms with van der Waals surface area (Å²) in [7, 11) is 0. The van der Waals surface area contributed by atoms with Crippen LogP contribution in [0.1, 0.15) is 11.1 Å². The Bertz CT molecular complexity index is 670. The topological polar surface area (TPSA) is 25.2 Å². The summed E-state index contributed by atoms with van der Waals surface area (Å²) in [5.41, 5.74) is 3.73. The molecule has 0 amide bonds. The molecule has 1 heterocycles. The number of rotatable bonds is 4. The Kier molecular flexibility index (Phi) is 3.34. The Balaban J connectivity index is 1.93. The van der Waals surface area contributed by atoms with Crippen LogP contribution in [0.15, 0.2) is 60.8 Å². The minimum Gasteiger partial charge on any atom is -0.396 e. The van der Waals surface area contributed by atoms with Gasteiger partial charge in [0, 0.05) is 24.9 Å². The normalized spacial score (nSPS) is 11.0. The van der Waals surface area contributed by atoms with Crippen molar-refractivity contribution >= 4 is 10.9 Å². The third kappa shape index (κ3) is 2.54. The molecule has 0 fully saturated rings. The van der Waals surface area contributed by atoms with Gasteiger partial charge in [-0.3, -0.25) is 0 Å². The van der Waals surface area contributed by atoms with Crippen molar-refractivity contribution in [2.45, 2.75) is 13.0 Å². The summed E-state index contributed by atoms with van der Waals surface area (Å²) in [6.45, 7) is 1.10. The SMILES string of the molecule is OCCc1ccc2c(ccn2Cc2ccccc2)c1. The number of hydrogen-bond donors (Lipinski definition) is 1. The number of nitrogens with zero attached hydrogens (tertiary/aromatic N) is 1. The lowest BCUT2D eigenvalue weighted by Gasteiger charge is -2.06. The summed E-state index contributed by atoms with van der Waals surface area (Å²) < 4.78 is 2.26. The molecule has 0 atom stereocenters. The summed E-state index contributed by atoms with van der Waals surface area (Å²) >= 11 is 0. The molecule has 0 saturated heterocycles. The zero-order chi connectivity index (χ0) is 13.1. The second kappa shape index (κ2) is 5.29. The molecule has 2 aromatic carbocycles. The van der Waals surface area contributed by atoms with Gasteiger partial charge in [-0.1, -0.05) is 36.4 Å². The van der Waals surface area contributed by atoms with Crippen molar-refractivity contribution < 1.29 is 5.11 Å². The van der Waals surface area contributed by atoms with Gasteiger partial charge in [-0.05, 0) is 41.1 Å². The Morgan fingerprint density at radius 3 is 2.53 bits per heavy atom. The van der Waals surface area contributed by atoms with E-state index in [0.717, 1.165) is 13.0 Å². The summed E-state index contributed by atoms with van der Waals surface area (Å²) in [5.74, 6) is 0. The highest BCUT2D eigenvalue weighted by molar-refractivity contribution is 5.81. The Morgan fingerprint density at radius 1 is 0.895 bits per heavy atom. The molecule has 0 aliphatic carbocycles. The van der Waals surface area contributed by atoms with E-state index in [4.69, 9.17) is 5.11 Å². The first-order chi connectivity index (χ1) is 9.36. The lowest BCUT2D eigenvalue weighted by atomic mass is 10.1. The van der Waals surface area contributed by atoms with Crippen molar-refractivity contribution in [3.63, 3.8) is 0 Å². The Labute approximate surface area is 112 Å². The van der Waals surface area contributed by atoms with Crippen LogP contribution < -0.4 is 0 Å². The van der Waals surface area contributed by atoms with Crippen molar-refractivity contribution in [3.05, 3.63) is 71.9 Å². The second-order valence-electron chi connectivity index (χ2n) is 4.80. The van der Waals surface area contributed by atoms with Crippen molar-refractivity contribution in [1.29, 1.82) is 0 Å². The van der Waals surface area contributed by atoms with E-state index >= 15 is 0 Å². The smallest absolute Gasteiger partial charge is 0.0483 e. The predicted octanol–water partition coefficient (Wildman–Crippen LogP) is 3.22. The molecule has 2 heteroatoms. The van der Waals surface area contributed by atoms with Crippen molar-refractivity contribution in [2.75, 3.05) is 6.61 Å². The lowest BCUT2D eigenvalue weighted by molar-refractivity contribution is 0.299. The summed E-state index contributed by atoms with van der Waals surface area (Å²) in [6, 6.07) is 19.0. The van der Waals surface area contributed by atoms with Crippen molar-refractivity contribution in [2.24, 2.45) is 0 Å². The Hall–Kier alpha value is -2.06. The fraction of sp³-hybridized carbons (Fsp3) is 0.176. The van der Waals surface area contributed by atoms with Crippen LogP contribution in [0.2, 0.25) is 0 Å². The average molecular weight is 251 g/mol. The van der Waals surface area contributed by atoms with E-state index < -0.39 is 0 Å². The maximum absolute atomic E-state index is 8.99. The van der Waals surface area contributed by atoms with Gasteiger partial charge < -0.3 is 9.67 Å². The highest BCUT2D eigenvalue weighted by Gasteiger charge is 2.03. The number of benzene rings is 2. The standard InChI is InChI=1S/C17H17NO/c19-11-9-14-6-7-17-16(12-14)8-10-18(17)13-15-4-2-1-3-5-15/h1-8,10,12,19H,9,11,13H2. The quantitative estimate of drug-likeness (QED) is 0.756. The van der Waals surface area contributed by atoms with Crippen molar-refractivity contribution in [3.8, 4) is 0 Å². The summed E-state index contributed by atoms with van der Waals surface area (Å²) in [6.07, 6.45) is 2.85. The van der Waals surface area contributed by atoms with E-state index in [1.807, 2.05) is 6.07 Å². The lowest BCUT2D eigenvalue weighted by Crippen LogP contribution is -1.97. The highest BCUT2D eigenvalue weighted by Crippen LogP contribution is 2.19. The molecule has 19 heavy (non-hydrogen) atoms. The van der Waals surface area contributed by atoms with Gasteiger partial charge >= 0.3 is 0 Å². The zero-order valence-corrected chi connectivity index (χ0v) is 10.8. The molecule has 0 bridgehead atoms. The third-order valence-electron chi connectivity index (χ3n) is 3.43. The molecule has 96 valence electrons. The molecule has 0 spiro atoms. The minimum absolute atomic E-state index is 0.205. The van der Waals surface area contributed by atoms with Gasteiger partial charge in [0.1, 0.15) is 0 Å². The molecule has 0 unspecified atom stereocenters. The van der Waals surface area contributed by atoms with Crippen LogP contribution >= 0.6 is 0 Å². The summed E-state index contributed by atoms with van der Waals surface area (Å²) in [5, 5.41) is 10.2. The van der Waals surface area contributed by atoms with Crippen LogP contribution in [-0.2, 0) is 13.0 Å². The fourth-order valence-corrected chi connectivity index (χ4v) is 2.45. The van der Waals surface area contributed by atoms with Gasteiger partial charge in [-0.15, -0.1) is 0 Å². The second-order valence-corrected chi connectivity index (χ2v) is 4.80. The molecule has 0 saturated carbocycles. The van der Waals surface area contributed by atoms with E-state index in [9.17, 15) is 0 Å². The van der Waals surface area contributed by atoms with Gasteiger partial charge in [-0.2, -0.15) is 0 Å². The van der Waals surface area contributed by atoms with Crippen molar-refractivity contribution in [1.82, 2.24) is 4.57 Å². The zero-order valence-electron chi connectivity index (χ0n) is 10.8. The maximum atomic E-state index is 8.99.